The minimum atomic E-state index is -4.63. The van der Waals surface area contributed by atoms with Crippen LogP contribution in [0.4, 0.5) is 17.6 Å². The molecule has 0 aromatic heterocycles. The number of hydrogen-bond acceptors (Lipinski definition) is 4. The van der Waals surface area contributed by atoms with Gasteiger partial charge in [0.2, 0.25) is 0 Å². The third-order valence-corrected chi connectivity index (χ3v) is 6.75. The fraction of sp³-hybridized carbons (Fsp3) is 0.333. The second-order valence-corrected chi connectivity index (χ2v) is 9.11. The van der Waals surface area contributed by atoms with E-state index in [-0.39, 0.29) is 25.2 Å². The van der Waals surface area contributed by atoms with Gasteiger partial charge in [-0.3, -0.25) is 4.90 Å². The van der Waals surface area contributed by atoms with Crippen LogP contribution in [0.1, 0.15) is 34.7 Å². The second-order valence-electron chi connectivity index (χ2n) is 9.11. The summed E-state index contributed by atoms with van der Waals surface area (Å²) in [7, 11) is 0. The summed E-state index contributed by atoms with van der Waals surface area (Å²) in [6, 6.07) is 20.1. The van der Waals surface area contributed by atoms with E-state index in [2.05, 4.69) is 4.90 Å². The lowest BCUT2D eigenvalue weighted by atomic mass is 9.82. The third-order valence-electron chi connectivity index (χ3n) is 6.75. The quantitative estimate of drug-likeness (QED) is 0.499. The molecule has 3 atom stereocenters. The molecule has 0 saturated carbocycles. The summed E-state index contributed by atoms with van der Waals surface area (Å²) in [4.78, 5) is 2.10. The standard InChI is InChI=1S/C27H25F4NO3/c28-21-12-10-20(11-13-21)24-26(34-15-14-32(24)16-19-6-2-1-3-7-19)17-25(33,18-35-26)22-8-4-5-9-23(22)27(29,30)31/h1-13,24,33H,14-18H2. The smallest absolute Gasteiger partial charge is 0.383 e. The second kappa shape index (κ2) is 9.02. The summed E-state index contributed by atoms with van der Waals surface area (Å²) < 4.78 is 67.3. The number of alkyl halides is 3. The summed E-state index contributed by atoms with van der Waals surface area (Å²) in [5.74, 6) is -1.82. The first kappa shape index (κ1) is 23.9. The fourth-order valence-electron chi connectivity index (χ4n) is 5.25. The largest absolute Gasteiger partial charge is 0.416 e. The van der Waals surface area contributed by atoms with Crippen molar-refractivity contribution < 1.29 is 32.1 Å². The molecule has 0 aliphatic carbocycles. The molecule has 8 heteroatoms. The van der Waals surface area contributed by atoms with Gasteiger partial charge in [0.1, 0.15) is 11.4 Å². The number of morpholine rings is 1. The zero-order valence-corrected chi connectivity index (χ0v) is 18.8. The van der Waals surface area contributed by atoms with E-state index >= 15 is 0 Å². The van der Waals surface area contributed by atoms with Crippen molar-refractivity contribution >= 4 is 0 Å². The van der Waals surface area contributed by atoms with Crippen molar-refractivity contribution in [3.63, 3.8) is 0 Å². The van der Waals surface area contributed by atoms with Crippen molar-refractivity contribution in [3.05, 3.63) is 107 Å². The van der Waals surface area contributed by atoms with E-state index in [4.69, 9.17) is 9.47 Å². The highest BCUT2D eigenvalue weighted by Gasteiger charge is 2.59. The summed E-state index contributed by atoms with van der Waals surface area (Å²) in [6.45, 7) is 0.951. The van der Waals surface area contributed by atoms with E-state index in [9.17, 15) is 22.7 Å². The molecule has 184 valence electrons. The van der Waals surface area contributed by atoms with Crippen LogP contribution in [-0.2, 0) is 27.8 Å². The molecule has 0 radical (unpaired) electrons. The van der Waals surface area contributed by atoms with Crippen LogP contribution in [0.3, 0.4) is 0 Å². The fourth-order valence-corrected chi connectivity index (χ4v) is 5.25. The van der Waals surface area contributed by atoms with Crippen molar-refractivity contribution in [2.24, 2.45) is 0 Å². The van der Waals surface area contributed by atoms with Gasteiger partial charge in [-0.05, 0) is 34.9 Å². The minimum Gasteiger partial charge on any atom is -0.383 e. The Labute approximate surface area is 200 Å². The van der Waals surface area contributed by atoms with Crippen LogP contribution in [0, 0.1) is 5.82 Å². The van der Waals surface area contributed by atoms with Crippen molar-refractivity contribution in [1.82, 2.24) is 4.90 Å². The first-order valence-corrected chi connectivity index (χ1v) is 11.4. The van der Waals surface area contributed by atoms with Gasteiger partial charge < -0.3 is 14.6 Å². The van der Waals surface area contributed by atoms with Crippen LogP contribution in [0.15, 0.2) is 78.9 Å². The molecule has 2 aliphatic heterocycles. The molecule has 5 rings (SSSR count). The summed E-state index contributed by atoms with van der Waals surface area (Å²) in [5.41, 5.74) is -1.34. The van der Waals surface area contributed by atoms with E-state index in [0.717, 1.165) is 11.6 Å². The molecule has 3 aromatic rings. The summed E-state index contributed by atoms with van der Waals surface area (Å²) in [6.07, 6.45) is -4.84. The molecule has 2 aliphatic rings. The van der Waals surface area contributed by atoms with Gasteiger partial charge in [-0.1, -0.05) is 60.7 Å². The Morgan fingerprint density at radius 2 is 1.60 bits per heavy atom. The van der Waals surface area contributed by atoms with Gasteiger partial charge in [0.05, 0.1) is 24.8 Å². The molecule has 0 amide bonds. The number of benzene rings is 3. The molecule has 1 spiro atoms. The number of hydrogen-bond donors (Lipinski definition) is 1. The Bertz CT molecular complexity index is 1170. The predicted molar refractivity (Wildman–Crippen MR) is 121 cm³/mol. The van der Waals surface area contributed by atoms with Gasteiger partial charge in [-0.2, -0.15) is 13.2 Å². The maximum atomic E-state index is 13.8. The molecule has 3 unspecified atom stereocenters. The Balaban J connectivity index is 1.55. The van der Waals surface area contributed by atoms with E-state index < -0.39 is 35.0 Å². The number of aliphatic hydroxyl groups is 1. The molecule has 1 N–H and O–H groups in total. The highest BCUT2D eigenvalue weighted by atomic mass is 19.4. The average molecular weight is 487 g/mol. The molecular weight excluding hydrogens is 462 g/mol. The maximum Gasteiger partial charge on any atom is 0.416 e. The molecule has 3 aromatic carbocycles. The molecule has 2 heterocycles. The van der Waals surface area contributed by atoms with Crippen molar-refractivity contribution in [1.29, 1.82) is 0 Å². The van der Waals surface area contributed by atoms with Crippen LogP contribution in [-0.4, -0.2) is 35.6 Å². The van der Waals surface area contributed by atoms with Crippen molar-refractivity contribution in [2.45, 2.75) is 36.6 Å². The molecule has 35 heavy (non-hydrogen) atoms. The van der Waals surface area contributed by atoms with E-state index in [1.54, 1.807) is 12.1 Å². The zero-order valence-electron chi connectivity index (χ0n) is 18.8. The Kier molecular flexibility index (Phi) is 6.17. The summed E-state index contributed by atoms with van der Waals surface area (Å²) >= 11 is 0. The third kappa shape index (κ3) is 4.59. The van der Waals surface area contributed by atoms with Crippen LogP contribution >= 0.6 is 0 Å². The lowest BCUT2D eigenvalue weighted by Gasteiger charge is -2.47. The normalized spacial score (nSPS) is 27.4. The molecule has 4 nitrogen and oxygen atoms in total. The first-order chi connectivity index (χ1) is 16.7. The van der Waals surface area contributed by atoms with Gasteiger partial charge in [0.25, 0.3) is 0 Å². The zero-order chi connectivity index (χ0) is 24.7. The number of nitrogens with zero attached hydrogens (tertiary/aromatic N) is 1. The van der Waals surface area contributed by atoms with E-state index in [1.165, 1.54) is 30.3 Å². The number of halogens is 4. The highest BCUT2D eigenvalue weighted by Crippen LogP contribution is 2.52. The van der Waals surface area contributed by atoms with Crippen LogP contribution in [0.5, 0.6) is 0 Å². The number of rotatable bonds is 4. The highest BCUT2D eigenvalue weighted by molar-refractivity contribution is 5.37. The number of ether oxygens (including phenoxy) is 2. The monoisotopic (exact) mass is 487 g/mol. The Morgan fingerprint density at radius 1 is 0.914 bits per heavy atom. The van der Waals surface area contributed by atoms with Crippen molar-refractivity contribution in [2.75, 3.05) is 19.8 Å². The van der Waals surface area contributed by atoms with Gasteiger partial charge in [-0.25, -0.2) is 4.39 Å². The van der Waals surface area contributed by atoms with Gasteiger partial charge in [-0.15, -0.1) is 0 Å². The Hall–Kier alpha value is -2.78. The molecule has 2 fully saturated rings. The predicted octanol–water partition coefficient (Wildman–Crippen LogP) is 5.42. The maximum absolute atomic E-state index is 13.8. The molecular formula is C27H25F4NO3. The topological polar surface area (TPSA) is 41.9 Å². The minimum absolute atomic E-state index is 0.208. The van der Waals surface area contributed by atoms with E-state index in [1.807, 2.05) is 30.3 Å². The molecule has 0 bridgehead atoms. The van der Waals surface area contributed by atoms with Crippen LogP contribution in [0.2, 0.25) is 0 Å². The lowest BCUT2D eigenvalue weighted by Crippen LogP contribution is -2.54. The summed E-state index contributed by atoms with van der Waals surface area (Å²) in [5, 5.41) is 11.5. The lowest BCUT2D eigenvalue weighted by molar-refractivity contribution is -0.276. The van der Waals surface area contributed by atoms with Crippen LogP contribution < -0.4 is 0 Å². The SMILES string of the molecule is OC1(c2ccccc2C(F)(F)F)COC2(C1)OCCN(Cc1ccccc1)C2c1ccc(F)cc1. The van der Waals surface area contributed by atoms with Gasteiger partial charge in [0.15, 0.2) is 5.79 Å². The molecule has 2 saturated heterocycles. The van der Waals surface area contributed by atoms with E-state index in [0.29, 0.717) is 18.7 Å². The van der Waals surface area contributed by atoms with Crippen LogP contribution in [0.25, 0.3) is 0 Å². The van der Waals surface area contributed by atoms with Crippen molar-refractivity contribution in [3.8, 4) is 0 Å². The Morgan fingerprint density at radius 3 is 2.31 bits per heavy atom. The first-order valence-electron chi connectivity index (χ1n) is 11.4. The average Bonchev–Trinajstić information content (AvgIpc) is 3.18. The van der Waals surface area contributed by atoms with Gasteiger partial charge >= 0.3 is 6.18 Å². The van der Waals surface area contributed by atoms with Gasteiger partial charge in [0, 0.05) is 19.5 Å².